The predicted octanol–water partition coefficient (Wildman–Crippen LogP) is -0.342. The molecule has 1 amide bonds. The van der Waals surface area contributed by atoms with E-state index in [1.165, 1.54) is 0 Å². The summed E-state index contributed by atoms with van der Waals surface area (Å²) in [5.41, 5.74) is 4.97. The SMILES string of the molecule is CN(CCCCC(=O)O)CC(N)=O. The molecule has 0 aliphatic rings. The second-order valence-electron chi connectivity index (χ2n) is 3.05. The molecular weight excluding hydrogens is 172 g/mol. The Bertz CT molecular complexity index is 182. The smallest absolute Gasteiger partial charge is 0.303 e. The molecular formula is C8H16N2O3. The highest BCUT2D eigenvalue weighted by atomic mass is 16.4. The number of carboxylic acids is 1. The standard InChI is InChI=1S/C8H16N2O3/c1-10(6-7(9)11)5-3-2-4-8(12)13/h2-6H2,1H3,(H2,9,11)(H,12,13). The fraction of sp³-hybridized carbons (Fsp3) is 0.750. The van der Waals surface area contributed by atoms with E-state index < -0.39 is 5.97 Å². The van der Waals surface area contributed by atoms with Crippen molar-refractivity contribution >= 4 is 11.9 Å². The minimum Gasteiger partial charge on any atom is -0.481 e. The molecule has 0 unspecified atom stereocenters. The molecule has 0 spiro atoms. The molecule has 0 fully saturated rings. The van der Waals surface area contributed by atoms with Gasteiger partial charge in [0, 0.05) is 6.42 Å². The molecule has 5 heteroatoms. The van der Waals surface area contributed by atoms with E-state index in [4.69, 9.17) is 10.8 Å². The summed E-state index contributed by atoms with van der Waals surface area (Å²) < 4.78 is 0. The van der Waals surface area contributed by atoms with Crippen LogP contribution in [0.15, 0.2) is 0 Å². The molecule has 0 aliphatic carbocycles. The van der Waals surface area contributed by atoms with Crippen molar-refractivity contribution in [1.29, 1.82) is 0 Å². The highest BCUT2D eigenvalue weighted by Gasteiger charge is 2.02. The van der Waals surface area contributed by atoms with Crippen molar-refractivity contribution in [2.24, 2.45) is 5.73 Å². The fourth-order valence-electron chi connectivity index (χ4n) is 1.00. The quantitative estimate of drug-likeness (QED) is 0.535. The maximum absolute atomic E-state index is 10.4. The van der Waals surface area contributed by atoms with Gasteiger partial charge in [0.05, 0.1) is 6.54 Å². The number of nitrogens with zero attached hydrogens (tertiary/aromatic N) is 1. The van der Waals surface area contributed by atoms with E-state index in [1.54, 1.807) is 11.9 Å². The van der Waals surface area contributed by atoms with E-state index in [9.17, 15) is 9.59 Å². The number of likely N-dealkylation sites (N-methyl/N-ethyl adjacent to an activating group) is 1. The van der Waals surface area contributed by atoms with Crippen LogP contribution < -0.4 is 5.73 Å². The largest absolute Gasteiger partial charge is 0.481 e. The molecule has 0 saturated heterocycles. The van der Waals surface area contributed by atoms with E-state index >= 15 is 0 Å². The van der Waals surface area contributed by atoms with Crippen molar-refractivity contribution in [3.63, 3.8) is 0 Å². The van der Waals surface area contributed by atoms with Crippen molar-refractivity contribution in [2.75, 3.05) is 20.1 Å². The monoisotopic (exact) mass is 188 g/mol. The van der Waals surface area contributed by atoms with Crippen LogP contribution in [0.4, 0.5) is 0 Å². The molecule has 0 aliphatic heterocycles. The number of primary amides is 1. The van der Waals surface area contributed by atoms with Crippen LogP contribution in [-0.4, -0.2) is 42.0 Å². The van der Waals surface area contributed by atoms with Gasteiger partial charge in [-0.15, -0.1) is 0 Å². The number of hydrogen-bond donors (Lipinski definition) is 2. The average molecular weight is 188 g/mol. The van der Waals surface area contributed by atoms with Gasteiger partial charge >= 0.3 is 5.97 Å². The minimum absolute atomic E-state index is 0.185. The molecule has 3 N–H and O–H groups in total. The second kappa shape index (κ2) is 6.42. The third-order valence-electron chi connectivity index (χ3n) is 1.61. The van der Waals surface area contributed by atoms with Crippen molar-refractivity contribution in [3.05, 3.63) is 0 Å². The lowest BCUT2D eigenvalue weighted by molar-refractivity contribution is -0.137. The van der Waals surface area contributed by atoms with Crippen LogP contribution in [0.2, 0.25) is 0 Å². The van der Waals surface area contributed by atoms with Crippen LogP contribution in [0.5, 0.6) is 0 Å². The first kappa shape index (κ1) is 11.9. The predicted molar refractivity (Wildman–Crippen MR) is 48.2 cm³/mol. The topological polar surface area (TPSA) is 83.6 Å². The Labute approximate surface area is 77.5 Å². The van der Waals surface area contributed by atoms with Crippen LogP contribution in [0.25, 0.3) is 0 Å². The number of rotatable bonds is 7. The molecule has 0 aromatic rings. The average Bonchev–Trinajstić information content (AvgIpc) is 1.96. The van der Waals surface area contributed by atoms with Crippen molar-refractivity contribution in [3.8, 4) is 0 Å². The number of carboxylic acid groups (broad SMARTS) is 1. The van der Waals surface area contributed by atoms with Crippen LogP contribution in [0.3, 0.4) is 0 Å². The lowest BCUT2D eigenvalue weighted by Crippen LogP contribution is -2.31. The lowest BCUT2D eigenvalue weighted by atomic mass is 10.2. The van der Waals surface area contributed by atoms with Crippen LogP contribution >= 0.6 is 0 Å². The first-order valence-electron chi connectivity index (χ1n) is 4.21. The number of carbonyl (C=O) groups excluding carboxylic acids is 1. The van der Waals surface area contributed by atoms with Crippen molar-refractivity contribution in [1.82, 2.24) is 4.90 Å². The number of nitrogens with two attached hydrogens (primary N) is 1. The van der Waals surface area contributed by atoms with Gasteiger partial charge in [-0.3, -0.25) is 14.5 Å². The van der Waals surface area contributed by atoms with Crippen molar-refractivity contribution < 1.29 is 14.7 Å². The van der Waals surface area contributed by atoms with E-state index in [2.05, 4.69) is 0 Å². The van der Waals surface area contributed by atoms with Gasteiger partial charge in [-0.25, -0.2) is 0 Å². The number of aliphatic carboxylic acids is 1. The first-order chi connectivity index (χ1) is 6.02. The summed E-state index contributed by atoms with van der Waals surface area (Å²) in [6.45, 7) is 0.934. The highest BCUT2D eigenvalue weighted by Crippen LogP contribution is 1.96. The molecule has 76 valence electrons. The third-order valence-corrected chi connectivity index (χ3v) is 1.61. The minimum atomic E-state index is -0.780. The Kier molecular flexibility index (Phi) is 5.88. The molecule has 13 heavy (non-hydrogen) atoms. The third kappa shape index (κ3) is 8.81. The summed E-state index contributed by atoms with van der Waals surface area (Å²) >= 11 is 0. The van der Waals surface area contributed by atoms with Gasteiger partial charge in [0.1, 0.15) is 0 Å². The van der Waals surface area contributed by atoms with Gasteiger partial charge < -0.3 is 10.8 Å². The first-order valence-corrected chi connectivity index (χ1v) is 4.21. The Morgan fingerprint density at radius 1 is 1.38 bits per heavy atom. The van der Waals surface area contributed by atoms with E-state index in [0.717, 1.165) is 6.42 Å². The Balaban J connectivity index is 3.31. The van der Waals surface area contributed by atoms with Crippen LogP contribution in [0, 0.1) is 0 Å². The Hall–Kier alpha value is -1.10. The van der Waals surface area contributed by atoms with Gasteiger partial charge in [0.15, 0.2) is 0 Å². The summed E-state index contributed by atoms with van der Waals surface area (Å²) in [7, 11) is 1.78. The molecule has 0 rings (SSSR count). The lowest BCUT2D eigenvalue weighted by Gasteiger charge is -2.13. The normalized spacial score (nSPS) is 10.3. The Morgan fingerprint density at radius 3 is 2.46 bits per heavy atom. The van der Waals surface area contributed by atoms with E-state index in [1.807, 2.05) is 0 Å². The summed E-state index contributed by atoms with van der Waals surface area (Å²) in [4.78, 5) is 22.4. The van der Waals surface area contributed by atoms with Gasteiger partial charge in [0.2, 0.25) is 5.91 Å². The molecule has 5 nitrogen and oxygen atoms in total. The fourth-order valence-corrected chi connectivity index (χ4v) is 1.00. The summed E-state index contributed by atoms with van der Waals surface area (Å²) in [5.74, 6) is -1.14. The maximum atomic E-state index is 10.4. The highest BCUT2D eigenvalue weighted by molar-refractivity contribution is 5.75. The molecule has 0 aromatic heterocycles. The van der Waals surface area contributed by atoms with Gasteiger partial charge in [-0.1, -0.05) is 0 Å². The number of unbranched alkanes of at least 4 members (excludes halogenated alkanes) is 1. The molecule has 0 heterocycles. The zero-order valence-corrected chi connectivity index (χ0v) is 7.82. The van der Waals surface area contributed by atoms with Gasteiger partial charge in [-0.05, 0) is 26.4 Å². The molecule has 0 aromatic carbocycles. The van der Waals surface area contributed by atoms with Crippen molar-refractivity contribution in [2.45, 2.75) is 19.3 Å². The molecule has 0 bridgehead atoms. The van der Waals surface area contributed by atoms with Crippen LogP contribution in [-0.2, 0) is 9.59 Å². The maximum Gasteiger partial charge on any atom is 0.303 e. The summed E-state index contributed by atoms with van der Waals surface area (Å²) in [6, 6.07) is 0. The Morgan fingerprint density at radius 2 is 2.00 bits per heavy atom. The zero-order valence-electron chi connectivity index (χ0n) is 7.82. The summed E-state index contributed by atoms with van der Waals surface area (Å²) in [6.07, 6.45) is 1.60. The molecule has 0 atom stereocenters. The summed E-state index contributed by atoms with van der Waals surface area (Å²) in [5, 5.41) is 8.34. The second-order valence-corrected chi connectivity index (χ2v) is 3.05. The zero-order chi connectivity index (χ0) is 10.3. The van der Waals surface area contributed by atoms with Gasteiger partial charge in [-0.2, -0.15) is 0 Å². The number of carbonyl (C=O) groups is 2. The number of hydrogen-bond acceptors (Lipinski definition) is 3. The molecule has 0 saturated carbocycles. The van der Waals surface area contributed by atoms with Gasteiger partial charge in [0.25, 0.3) is 0 Å². The van der Waals surface area contributed by atoms with E-state index in [-0.39, 0.29) is 18.9 Å². The van der Waals surface area contributed by atoms with E-state index in [0.29, 0.717) is 13.0 Å². The number of amides is 1. The molecule has 0 radical (unpaired) electrons. The van der Waals surface area contributed by atoms with Crippen LogP contribution in [0.1, 0.15) is 19.3 Å².